The molecule has 0 atom stereocenters. The van der Waals surface area contributed by atoms with E-state index in [4.69, 9.17) is 9.94 Å². The second kappa shape index (κ2) is 4.85. The lowest BCUT2D eigenvalue weighted by molar-refractivity contribution is 0.316. The molecule has 0 radical (unpaired) electrons. The molecule has 5 heteroatoms. The molecule has 0 saturated heterocycles. The molecule has 76 valence electrons. The highest BCUT2D eigenvalue weighted by Gasteiger charge is 2.07. The number of hydrogen-bond donors (Lipinski definition) is 2. The van der Waals surface area contributed by atoms with Crippen molar-refractivity contribution in [3.8, 4) is 11.5 Å². The third-order valence-corrected chi connectivity index (χ3v) is 2.16. The largest absolute Gasteiger partial charge is 0.503 e. The van der Waals surface area contributed by atoms with Crippen LogP contribution in [0.25, 0.3) is 0 Å². The average molecular weight is 260 g/mol. The Kier molecular flexibility index (Phi) is 3.76. The van der Waals surface area contributed by atoms with Crippen molar-refractivity contribution in [2.24, 2.45) is 5.16 Å². The molecule has 0 bridgehead atoms. The van der Waals surface area contributed by atoms with Crippen LogP contribution in [0.15, 0.2) is 21.8 Å². The van der Waals surface area contributed by atoms with Crippen LogP contribution >= 0.6 is 15.9 Å². The molecule has 0 aliphatic heterocycles. The van der Waals surface area contributed by atoms with Crippen LogP contribution < -0.4 is 4.74 Å². The van der Waals surface area contributed by atoms with Gasteiger partial charge in [-0.05, 0) is 35.0 Å². The van der Waals surface area contributed by atoms with Crippen molar-refractivity contribution in [2.45, 2.75) is 6.92 Å². The predicted octanol–water partition coefficient (Wildman–Crippen LogP) is 2.36. The van der Waals surface area contributed by atoms with Gasteiger partial charge in [-0.3, -0.25) is 0 Å². The number of rotatable bonds is 3. The maximum Gasteiger partial charge on any atom is 0.172 e. The minimum atomic E-state index is 0.0435. The second-order valence-electron chi connectivity index (χ2n) is 2.53. The Hall–Kier alpha value is -1.23. The van der Waals surface area contributed by atoms with Gasteiger partial charge in [0.2, 0.25) is 0 Å². The Morgan fingerprint density at radius 2 is 2.29 bits per heavy atom. The summed E-state index contributed by atoms with van der Waals surface area (Å²) in [6.45, 7) is 2.28. The fourth-order valence-corrected chi connectivity index (χ4v) is 1.46. The van der Waals surface area contributed by atoms with Gasteiger partial charge >= 0.3 is 0 Å². The number of benzene rings is 1. The maximum absolute atomic E-state index is 9.54. The molecule has 14 heavy (non-hydrogen) atoms. The van der Waals surface area contributed by atoms with Gasteiger partial charge < -0.3 is 15.1 Å². The van der Waals surface area contributed by atoms with Crippen molar-refractivity contribution < 1.29 is 15.1 Å². The van der Waals surface area contributed by atoms with E-state index in [0.29, 0.717) is 22.4 Å². The zero-order valence-corrected chi connectivity index (χ0v) is 9.15. The van der Waals surface area contributed by atoms with Gasteiger partial charge in [0, 0.05) is 5.56 Å². The van der Waals surface area contributed by atoms with Crippen LogP contribution in [0.1, 0.15) is 12.5 Å². The summed E-state index contributed by atoms with van der Waals surface area (Å²) < 4.78 is 5.68. The van der Waals surface area contributed by atoms with E-state index in [-0.39, 0.29) is 5.75 Å². The van der Waals surface area contributed by atoms with Crippen molar-refractivity contribution in [1.82, 2.24) is 0 Å². The first-order chi connectivity index (χ1) is 6.69. The average Bonchev–Trinajstić information content (AvgIpc) is 2.14. The summed E-state index contributed by atoms with van der Waals surface area (Å²) in [6, 6.07) is 3.21. The van der Waals surface area contributed by atoms with Crippen LogP contribution in [0.5, 0.6) is 11.5 Å². The van der Waals surface area contributed by atoms with Gasteiger partial charge in [-0.1, -0.05) is 5.16 Å². The SMILES string of the molecule is CCOc1cc(/C=N/O)cc(Br)c1O. The van der Waals surface area contributed by atoms with Crippen molar-refractivity contribution in [3.05, 3.63) is 22.2 Å². The first kappa shape index (κ1) is 10.8. The summed E-state index contributed by atoms with van der Waals surface area (Å²) in [7, 11) is 0. The number of phenolic OH excluding ortho intramolecular Hbond substituents is 1. The first-order valence-electron chi connectivity index (χ1n) is 4.01. The molecule has 1 aromatic carbocycles. The van der Waals surface area contributed by atoms with Gasteiger partial charge in [0.05, 0.1) is 17.3 Å². The second-order valence-corrected chi connectivity index (χ2v) is 3.38. The highest BCUT2D eigenvalue weighted by Crippen LogP contribution is 2.34. The summed E-state index contributed by atoms with van der Waals surface area (Å²) in [4.78, 5) is 0. The Morgan fingerprint density at radius 1 is 1.57 bits per heavy atom. The summed E-state index contributed by atoms with van der Waals surface area (Å²) in [6.07, 6.45) is 1.26. The minimum absolute atomic E-state index is 0.0435. The monoisotopic (exact) mass is 259 g/mol. The predicted molar refractivity (Wildman–Crippen MR) is 56.4 cm³/mol. The molecular formula is C9H10BrNO3. The molecule has 0 aromatic heterocycles. The number of phenols is 1. The zero-order chi connectivity index (χ0) is 10.6. The lowest BCUT2D eigenvalue weighted by Crippen LogP contribution is -1.94. The smallest absolute Gasteiger partial charge is 0.172 e. The van der Waals surface area contributed by atoms with Crippen molar-refractivity contribution in [1.29, 1.82) is 0 Å². The number of ether oxygens (including phenoxy) is 1. The zero-order valence-electron chi connectivity index (χ0n) is 7.57. The van der Waals surface area contributed by atoms with E-state index < -0.39 is 0 Å². The fraction of sp³-hybridized carbons (Fsp3) is 0.222. The molecule has 0 spiro atoms. The van der Waals surface area contributed by atoms with Gasteiger partial charge in [0.1, 0.15) is 0 Å². The van der Waals surface area contributed by atoms with Gasteiger partial charge in [-0.15, -0.1) is 0 Å². The van der Waals surface area contributed by atoms with E-state index in [2.05, 4.69) is 21.1 Å². The normalized spacial score (nSPS) is 10.7. The van der Waals surface area contributed by atoms with Crippen molar-refractivity contribution in [2.75, 3.05) is 6.61 Å². The van der Waals surface area contributed by atoms with Crippen LogP contribution in [0, 0.1) is 0 Å². The Morgan fingerprint density at radius 3 is 2.86 bits per heavy atom. The van der Waals surface area contributed by atoms with E-state index in [1.54, 1.807) is 12.1 Å². The lowest BCUT2D eigenvalue weighted by atomic mass is 10.2. The molecule has 0 amide bonds. The van der Waals surface area contributed by atoms with Crippen LogP contribution in [0.2, 0.25) is 0 Å². The number of aromatic hydroxyl groups is 1. The number of oxime groups is 1. The molecule has 0 aliphatic carbocycles. The minimum Gasteiger partial charge on any atom is -0.503 e. The van der Waals surface area contributed by atoms with Crippen LogP contribution in [0.3, 0.4) is 0 Å². The van der Waals surface area contributed by atoms with Crippen molar-refractivity contribution in [3.63, 3.8) is 0 Å². The summed E-state index contributed by atoms with van der Waals surface area (Å²) >= 11 is 3.16. The third-order valence-electron chi connectivity index (χ3n) is 1.56. The highest BCUT2D eigenvalue weighted by molar-refractivity contribution is 9.10. The molecule has 2 N–H and O–H groups in total. The van der Waals surface area contributed by atoms with Gasteiger partial charge in [0.15, 0.2) is 11.5 Å². The summed E-state index contributed by atoms with van der Waals surface area (Å²) in [5, 5.41) is 20.8. The Balaban J connectivity index is 3.13. The van der Waals surface area contributed by atoms with Gasteiger partial charge in [0.25, 0.3) is 0 Å². The van der Waals surface area contributed by atoms with E-state index in [0.717, 1.165) is 0 Å². The number of halogens is 1. The topological polar surface area (TPSA) is 62.0 Å². The molecule has 4 nitrogen and oxygen atoms in total. The van der Waals surface area contributed by atoms with E-state index in [1.165, 1.54) is 6.21 Å². The molecule has 0 fully saturated rings. The Labute approximate surface area is 89.9 Å². The van der Waals surface area contributed by atoms with Crippen LogP contribution in [0.4, 0.5) is 0 Å². The van der Waals surface area contributed by atoms with Crippen molar-refractivity contribution >= 4 is 22.1 Å². The summed E-state index contributed by atoms with van der Waals surface area (Å²) in [5.41, 5.74) is 0.639. The Bertz CT molecular complexity index is 352. The van der Waals surface area contributed by atoms with Crippen LogP contribution in [-0.2, 0) is 0 Å². The lowest BCUT2D eigenvalue weighted by Gasteiger charge is -2.07. The standard InChI is InChI=1S/C9H10BrNO3/c1-2-14-8-4-6(5-11-13)3-7(10)9(8)12/h3-5,12-13H,2H2,1H3/b11-5+. The molecule has 1 rings (SSSR count). The quantitative estimate of drug-likeness (QED) is 0.498. The molecule has 0 heterocycles. The maximum atomic E-state index is 9.54. The number of hydrogen-bond acceptors (Lipinski definition) is 4. The van der Waals surface area contributed by atoms with E-state index in [1.807, 2.05) is 6.92 Å². The van der Waals surface area contributed by atoms with E-state index >= 15 is 0 Å². The van der Waals surface area contributed by atoms with Crippen LogP contribution in [-0.4, -0.2) is 23.1 Å². The first-order valence-corrected chi connectivity index (χ1v) is 4.81. The van der Waals surface area contributed by atoms with Gasteiger partial charge in [-0.2, -0.15) is 0 Å². The molecule has 1 aromatic rings. The summed E-state index contributed by atoms with van der Waals surface area (Å²) in [5.74, 6) is 0.402. The van der Waals surface area contributed by atoms with Gasteiger partial charge in [-0.25, -0.2) is 0 Å². The fourth-order valence-electron chi connectivity index (χ4n) is 1.00. The third kappa shape index (κ3) is 2.38. The number of nitrogens with zero attached hydrogens (tertiary/aromatic N) is 1. The molecule has 0 unspecified atom stereocenters. The molecule has 0 saturated carbocycles. The molecular weight excluding hydrogens is 250 g/mol. The van der Waals surface area contributed by atoms with E-state index in [9.17, 15) is 5.11 Å². The molecule has 0 aliphatic rings. The highest BCUT2D eigenvalue weighted by atomic mass is 79.9.